The molecule has 14 heteroatoms. The van der Waals surface area contributed by atoms with Crippen molar-refractivity contribution in [3.05, 3.63) is 88.0 Å². The number of carbonyl (C=O) groups is 1. The predicted molar refractivity (Wildman–Crippen MR) is 148 cm³/mol. The Bertz CT molecular complexity index is 1710. The number of alkyl halides is 6. The number of nitrogens with zero attached hydrogens (tertiary/aromatic N) is 1. The summed E-state index contributed by atoms with van der Waals surface area (Å²) in [6.45, 7) is 1.46. The van der Waals surface area contributed by atoms with E-state index in [-0.39, 0.29) is 53.7 Å². The number of carboxylic acids is 1. The number of aliphatic carboxylic acids is 1. The molecule has 3 atom stereocenters. The molecule has 0 bridgehead atoms. The second-order valence-electron chi connectivity index (χ2n) is 10.9. The molecule has 2 N–H and O–H groups in total. The Kier molecular flexibility index (Phi) is 8.23. The predicted octanol–water partition coefficient (Wildman–Crippen LogP) is 6.82. The second-order valence-corrected chi connectivity index (χ2v) is 12.6. The maximum absolute atomic E-state index is 13.9. The van der Waals surface area contributed by atoms with Gasteiger partial charge in [-0.3, -0.25) is 4.79 Å². The molecule has 0 spiro atoms. The zero-order valence-corrected chi connectivity index (χ0v) is 24.3. The van der Waals surface area contributed by atoms with Crippen molar-refractivity contribution in [2.75, 3.05) is 7.11 Å². The minimum absolute atomic E-state index is 0.0438. The number of hydrogen-bond donors (Lipinski definition) is 2. The molecule has 3 aromatic rings. The highest BCUT2D eigenvalue weighted by Crippen LogP contribution is 2.51. The molecule has 7 nitrogen and oxygen atoms in total. The summed E-state index contributed by atoms with van der Waals surface area (Å²) in [6.07, 6.45) is -9.20. The fourth-order valence-electron chi connectivity index (χ4n) is 6.14. The molecular weight excluding hydrogens is 614 g/mol. The first-order valence-corrected chi connectivity index (χ1v) is 15.0. The molecule has 44 heavy (non-hydrogen) atoms. The van der Waals surface area contributed by atoms with Crippen LogP contribution in [0, 0.1) is 6.92 Å². The number of hydrogen-bond acceptors (Lipinski definition) is 4. The van der Waals surface area contributed by atoms with Crippen molar-refractivity contribution in [3.8, 4) is 16.9 Å². The van der Waals surface area contributed by atoms with Crippen molar-refractivity contribution in [1.82, 2.24) is 9.03 Å². The van der Waals surface area contributed by atoms with Gasteiger partial charge in [0.1, 0.15) is 5.75 Å². The van der Waals surface area contributed by atoms with Crippen molar-refractivity contribution < 1.29 is 49.4 Å². The summed E-state index contributed by atoms with van der Waals surface area (Å²) in [5.74, 6) is -0.758. The lowest BCUT2D eigenvalue weighted by Crippen LogP contribution is -2.33. The minimum atomic E-state index is -4.75. The maximum Gasteiger partial charge on any atom is 0.416 e. The van der Waals surface area contributed by atoms with Crippen LogP contribution in [0.3, 0.4) is 0 Å². The van der Waals surface area contributed by atoms with Crippen LogP contribution in [0.15, 0.2) is 54.6 Å². The van der Waals surface area contributed by atoms with Crippen LogP contribution in [0.4, 0.5) is 26.3 Å². The van der Waals surface area contributed by atoms with Crippen LogP contribution < -0.4 is 9.46 Å². The first kappa shape index (κ1) is 31.8. The highest BCUT2D eigenvalue weighted by molar-refractivity contribution is 7.87. The van der Waals surface area contributed by atoms with Crippen LogP contribution in [0.5, 0.6) is 5.75 Å². The Morgan fingerprint density at radius 2 is 1.66 bits per heavy atom. The Balaban J connectivity index is 1.63. The van der Waals surface area contributed by atoms with E-state index in [0.717, 1.165) is 28.6 Å². The summed E-state index contributed by atoms with van der Waals surface area (Å²) in [4.78, 5) is 11.1. The van der Waals surface area contributed by atoms with Gasteiger partial charge in [0.25, 0.3) is 10.2 Å². The normalized spacial score (nSPS) is 21.8. The molecule has 0 unspecified atom stereocenters. The van der Waals surface area contributed by atoms with E-state index >= 15 is 0 Å². The van der Waals surface area contributed by atoms with E-state index in [9.17, 15) is 39.6 Å². The standard InChI is InChI=1S/C30H28F6N2O5S/c1-16-11-18(14-20(12-16)30(34,35)36)28-25-8-7-24(38(25)44(41,42)37-28)22-15-19(29(31,32)33)5-6-21(22)23-13-17(4-10-27(39)40)3-9-26(23)43-2/h3,5-6,9,11-15,24-25,28,37H,4,7-8,10H2,1-2H3,(H,39,40)/t24-,25-,28+/m0/s1. The molecule has 236 valence electrons. The fourth-order valence-corrected chi connectivity index (χ4v) is 8.02. The van der Waals surface area contributed by atoms with Gasteiger partial charge in [-0.15, -0.1) is 0 Å². The summed E-state index contributed by atoms with van der Waals surface area (Å²) in [7, 11) is -2.98. The molecule has 2 aliphatic rings. The summed E-state index contributed by atoms with van der Waals surface area (Å²) in [5.41, 5.74) is -0.340. The Labute approximate surface area is 249 Å². The molecule has 2 fully saturated rings. The first-order valence-electron chi connectivity index (χ1n) is 13.6. The molecule has 2 heterocycles. The Morgan fingerprint density at radius 1 is 0.955 bits per heavy atom. The van der Waals surface area contributed by atoms with Crippen LogP contribution in [0.25, 0.3) is 11.1 Å². The fraction of sp³-hybridized carbons (Fsp3) is 0.367. The van der Waals surface area contributed by atoms with E-state index in [0.29, 0.717) is 11.1 Å². The monoisotopic (exact) mass is 642 g/mol. The highest BCUT2D eigenvalue weighted by Gasteiger charge is 2.53. The average Bonchev–Trinajstić information content (AvgIpc) is 3.49. The number of benzene rings is 3. The first-order chi connectivity index (χ1) is 20.5. The van der Waals surface area contributed by atoms with Crippen molar-refractivity contribution in [2.24, 2.45) is 0 Å². The number of ether oxygens (including phenoxy) is 1. The third kappa shape index (κ3) is 6.15. The SMILES string of the molecule is COc1ccc(CCC(=O)O)cc1-c1ccc(C(F)(F)F)cc1[C@@H]1CC[C@H]2[C@@H](c3cc(C)cc(C(F)(F)F)c3)NS(=O)(=O)N12. The second kappa shape index (κ2) is 11.4. The van der Waals surface area contributed by atoms with Gasteiger partial charge in [0, 0.05) is 18.0 Å². The van der Waals surface area contributed by atoms with Crippen LogP contribution in [0.1, 0.15) is 64.7 Å². The van der Waals surface area contributed by atoms with Crippen molar-refractivity contribution in [1.29, 1.82) is 0 Å². The third-order valence-electron chi connectivity index (χ3n) is 8.01. The van der Waals surface area contributed by atoms with Gasteiger partial charge < -0.3 is 9.84 Å². The van der Waals surface area contributed by atoms with Crippen LogP contribution in [0.2, 0.25) is 0 Å². The van der Waals surface area contributed by atoms with E-state index < -0.39 is 57.8 Å². The summed E-state index contributed by atoms with van der Waals surface area (Å²) in [5, 5.41) is 9.11. The Morgan fingerprint density at radius 3 is 2.30 bits per heavy atom. The van der Waals surface area contributed by atoms with Gasteiger partial charge in [0.2, 0.25) is 0 Å². The number of nitrogens with one attached hydrogen (secondary N) is 1. The molecule has 2 saturated heterocycles. The van der Waals surface area contributed by atoms with Gasteiger partial charge in [0.15, 0.2) is 0 Å². The zero-order chi connectivity index (χ0) is 32.2. The van der Waals surface area contributed by atoms with Crippen molar-refractivity contribution in [3.63, 3.8) is 0 Å². The average molecular weight is 643 g/mol. The molecule has 5 rings (SSSR count). The maximum atomic E-state index is 13.9. The number of aryl methyl sites for hydroxylation is 2. The quantitative estimate of drug-likeness (QED) is 0.276. The van der Waals surface area contributed by atoms with E-state index in [1.807, 2.05) is 0 Å². The van der Waals surface area contributed by atoms with Crippen LogP contribution >= 0.6 is 0 Å². The smallest absolute Gasteiger partial charge is 0.416 e. The minimum Gasteiger partial charge on any atom is -0.496 e. The van der Waals surface area contributed by atoms with E-state index in [4.69, 9.17) is 9.84 Å². The van der Waals surface area contributed by atoms with Gasteiger partial charge in [0.05, 0.1) is 30.3 Å². The Hall–Kier alpha value is -3.62. The molecule has 3 aromatic carbocycles. The molecular formula is C30H28F6N2O5S. The number of fused-ring (bicyclic) bond motifs is 1. The van der Waals surface area contributed by atoms with E-state index in [1.165, 1.54) is 26.2 Å². The lowest BCUT2D eigenvalue weighted by Gasteiger charge is -2.26. The summed E-state index contributed by atoms with van der Waals surface area (Å²) >= 11 is 0. The number of halogens is 6. The van der Waals surface area contributed by atoms with Crippen LogP contribution in [-0.2, 0) is 33.8 Å². The van der Waals surface area contributed by atoms with E-state index in [2.05, 4.69) is 4.72 Å². The molecule has 0 amide bonds. The largest absolute Gasteiger partial charge is 0.496 e. The van der Waals surface area contributed by atoms with Gasteiger partial charge in [-0.1, -0.05) is 23.8 Å². The summed E-state index contributed by atoms with van der Waals surface area (Å²) in [6, 6.07) is 8.09. The molecule has 0 saturated carbocycles. The van der Waals surface area contributed by atoms with Gasteiger partial charge in [-0.2, -0.15) is 43.8 Å². The third-order valence-corrected chi connectivity index (χ3v) is 9.65. The van der Waals surface area contributed by atoms with Crippen molar-refractivity contribution >= 4 is 16.2 Å². The number of methoxy groups -OCH3 is 1. The summed E-state index contributed by atoms with van der Waals surface area (Å²) < 4.78 is 119. The lowest BCUT2D eigenvalue weighted by molar-refractivity contribution is -0.138. The number of rotatable bonds is 7. The molecule has 0 radical (unpaired) electrons. The molecule has 0 aromatic heterocycles. The van der Waals surface area contributed by atoms with Crippen molar-refractivity contribution in [2.45, 2.75) is 63.1 Å². The highest BCUT2D eigenvalue weighted by atomic mass is 32.2. The lowest BCUT2D eigenvalue weighted by atomic mass is 9.90. The molecule has 2 aliphatic heterocycles. The number of carboxylic acid groups (broad SMARTS) is 1. The topological polar surface area (TPSA) is 95.9 Å². The van der Waals surface area contributed by atoms with Gasteiger partial charge >= 0.3 is 18.3 Å². The zero-order valence-electron chi connectivity index (χ0n) is 23.5. The van der Waals surface area contributed by atoms with Gasteiger partial charge in [-0.05, 0) is 84.8 Å². The van der Waals surface area contributed by atoms with Crippen LogP contribution in [-0.4, -0.2) is 37.0 Å². The molecule has 0 aliphatic carbocycles. The van der Waals surface area contributed by atoms with Gasteiger partial charge in [-0.25, -0.2) is 0 Å². The van der Waals surface area contributed by atoms with E-state index in [1.54, 1.807) is 18.2 Å².